The van der Waals surface area contributed by atoms with Crippen LogP contribution in [0.5, 0.6) is 0 Å². The Bertz CT molecular complexity index is 31.4. The molecule has 0 amide bonds. The van der Waals surface area contributed by atoms with E-state index in [4.69, 9.17) is 0 Å². The Labute approximate surface area is 47.7 Å². The fraction of sp³-hybridized carbons (Fsp3) is 1.00. The van der Waals surface area contributed by atoms with E-state index in [1.807, 2.05) is 0 Å². The minimum atomic E-state index is -1.75. The van der Waals surface area contributed by atoms with Crippen LogP contribution in [0.4, 0.5) is 13.2 Å². The highest BCUT2D eigenvalue weighted by atomic mass is 19.3. The lowest BCUT2D eigenvalue weighted by molar-refractivity contribution is 0.246. The molecule has 8 heavy (non-hydrogen) atoms. The van der Waals surface area contributed by atoms with Gasteiger partial charge in [-0.15, -0.1) is 0 Å². The van der Waals surface area contributed by atoms with E-state index >= 15 is 0 Å². The van der Waals surface area contributed by atoms with Crippen molar-refractivity contribution in [2.24, 2.45) is 0 Å². The lowest BCUT2D eigenvalue weighted by Gasteiger charge is -1.99. The van der Waals surface area contributed by atoms with E-state index in [2.05, 4.69) is 0 Å². The highest BCUT2D eigenvalue weighted by Crippen LogP contribution is 2.02. The Morgan fingerprint density at radius 2 is 1.12 bits per heavy atom. The molecule has 3 heteroatoms. The third-order valence-corrected chi connectivity index (χ3v) is 0. The van der Waals surface area contributed by atoms with Gasteiger partial charge in [0.25, 0.3) is 0 Å². The van der Waals surface area contributed by atoms with E-state index < -0.39 is 12.6 Å². The molecule has 52 valence electrons. The third kappa shape index (κ3) is 3010. The van der Waals surface area contributed by atoms with E-state index in [1.165, 1.54) is 20.8 Å². The van der Waals surface area contributed by atoms with Crippen LogP contribution in [0, 0.1) is 0 Å². The fourth-order valence-electron chi connectivity index (χ4n) is 0. The zero-order valence-electron chi connectivity index (χ0n) is 5.34. The van der Waals surface area contributed by atoms with Gasteiger partial charge in [0.2, 0.25) is 6.93 Å². The molecule has 0 saturated heterocycles. The number of rotatable bonds is 0. The first-order valence-electron chi connectivity index (χ1n) is 2.22. The Morgan fingerprint density at radius 1 is 1.12 bits per heavy atom. The van der Waals surface area contributed by atoms with Crippen molar-refractivity contribution in [1.29, 1.82) is 0 Å². The first-order chi connectivity index (χ1) is 3.41. The molecule has 0 bridgehead atoms. The lowest BCUT2D eigenvalue weighted by Crippen LogP contribution is -2.01. The summed E-state index contributed by atoms with van der Waals surface area (Å²) in [5, 5.41) is 0. The SMILES string of the molecule is CC(C)(C)F.FCF. The van der Waals surface area contributed by atoms with Crippen molar-refractivity contribution in [3.63, 3.8) is 0 Å². The Kier molecular flexibility index (Phi) is 6.61. The van der Waals surface area contributed by atoms with Gasteiger partial charge in [-0.2, -0.15) is 0 Å². The number of alkyl halides is 3. The minimum absolute atomic E-state index is 1.00. The Morgan fingerprint density at radius 3 is 1.12 bits per heavy atom. The van der Waals surface area contributed by atoms with Crippen molar-refractivity contribution < 1.29 is 13.2 Å². The monoisotopic (exact) mass is 128 g/mol. The smallest absolute Gasteiger partial charge is 0.229 e. The summed E-state index contributed by atoms with van der Waals surface area (Å²) in [6, 6.07) is 0. The van der Waals surface area contributed by atoms with Crippen molar-refractivity contribution in [2.75, 3.05) is 6.93 Å². The molecule has 0 radical (unpaired) electrons. The van der Waals surface area contributed by atoms with Gasteiger partial charge in [0.1, 0.15) is 5.67 Å². The molecule has 0 rings (SSSR count). The zero-order valence-corrected chi connectivity index (χ0v) is 5.34. The van der Waals surface area contributed by atoms with Crippen LogP contribution >= 0.6 is 0 Å². The maximum absolute atomic E-state index is 11.7. The first-order valence-corrected chi connectivity index (χ1v) is 2.22. The highest BCUT2D eigenvalue weighted by Gasteiger charge is 2.01. The van der Waals surface area contributed by atoms with Gasteiger partial charge in [0.05, 0.1) is 0 Å². The Hall–Kier alpha value is -0.210. The molecular weight excluding hydrogens is 117 g/mol. The molecule has 0 nitrogen and oxygen atoms in total. The predicted octanol–water partition coefficient (Wildman–Crippen LogP) is 2.64. The molecule has 0 aromatic heterocycles. The quantitative estimate of drug-likeness (QED) is 0.470. The van der Waals surface area contributed by atoms with Crippen molar-refractivity contribution in [1.82, 2.24) is 0 Å². The van der Waals surface area contributed by atoms with Crippen LogP contribution in [0.2, 0.25) is 0 Å². The van der Waals surface area contributed by atoms with E-state index in [0.29, 0.717) is 0 Å². The molecule has 0 aliphatic heterocycles. The molecule has 0 fully saturated rings. The van der Waals surface area contributed by atoms with Gasteiger partial charge in [0.15, 0.2) is 0 Å². The largest absolute Gasteiger partial charge is 0.245 e. The maximum Gasteiger partial charge on any atom is 0.229 e. The molecule has 0 N–H and O–H groups in total. The van der Waals surface area contributed by atoms with Crippen LogP contribution in [0.1, 0.15) is 20.8 Å². The molecule has 0 atom stereocenters. The first kappa shape index (κ1) is 10.7. The third-order valence-electron chi connectivity index (χ3n) is 0. The molecule has 0 spiro atoms. The van der Waals surface area contributed by atoms with Crippen LogP contribution < -0.4 is 0 Å². The topological polar surface area (TPSA) is 0 Å². The minimum Gasteiger partial charge on any atom is -0.245 e. The van der Waals surface area contributed by atoms with Crippen LogP contribution in [-0.4, -0.2) is 12.6 Å². The van der Waals surface area contributed by atoms with E-state index in [9.17, 15) is 13.2 Å². The van der Waals surface area contributed by atoms with Gasteiger partial charge >= 0.3 is 0 Å². The predicted molar refractivity (Wildman–Crippen MR) is 27.9 cm³/mol. The number of hydrogen-bond donors (Lipinski definition) is 0. The maximum atomic E-state index is 11.7. The molecule has 0 aliphatic rings. The normalized spacial score (nSPS) is 9.75. The van der Waals surface area contributed by atoms with E-state index in [-0.39, 0.29) is 0 Å². The van der Waals surface area contributed by atoms with Crippen molar-refractivity contribution in [3.8, 4) is 0 Å². The molecule has 0 aliphatic carbocycles. The van der Waals surface area contributed by atoms with E-state index in [0.717, 1.165) is 0 Å². The average molecular weight is 128 g/mol. The van der Waals surface area contributed by atoms with Gasteiger partial charge in [-0.25, -0.2) is 13.2 Å². The van der Waals surface area contributed by atoms with Crippen LogP contribution in [0.15, 0.2) is 0 Å². The molecule has 0 heterocycles. The summed E-state index contributed by atoms with van der Waals surface area (Å²) in [5.74, 6) is 0. The second kappa shape index (κ2) is 4.94. The van der Waals surface area contributed by atoms with Crippen molar-refractivity contribution >= 4 is 0 Å². The molecule has 0 aromatic rings. The number of hydrogen-bond acceptors (Lipinski definition) is 0. The second-order valence-electron chi connectivity index (χ2n) is 2.17. The van der Waals surface area contributed by atoms with Crippen LogP contribution in [0.25, 0.3) is 0 Å². The summed E-state index contributed by atoms with van der Waals surface area (Å²) in [4.78, 5) is 0. The van der Waals surface area contributed by atoms with Gasteiger partial charge in [-0.3, -0.25) is 0 Å². The van der Waals surface area contributed by atoms with Crippen molar-refractivity contribution in [3.05, 3.63) is 0 Å². The Balaban J connectivity index is 0. The van der Waals surface area contributed by atoms with Crippen molar-refractivity contribution in [2.45, 2.75) is 26.4 Å². The van der Waals surface area contributed by atoms with E-state index in [1.54, 1.807) is 0 Å². The number of halogens is 3. The van der Waals surface area contributed by atoms with Gasteiger partial charge in [-0.1, -0.05) is 0 Å². The van der Waals surface area contributed by atoms with Crippen LogP contribution in [-0.2, 0) is 0 Å². The molecule has 0 saturated carbocycles. The summed E-state index contributed by atoms with van der Waals surface area (Å²) in [5.41, 5.74) is -1.00. The standard InChI is InChI=1S/C4H9F.CH2F2/c1-4(2,3)5;2-1-3/h1-3H3;1H2. The fourth-order valence-corrected chi connectivity index (χ4v) is 0. The molecular formula is C5H11F3. The molecule has 0 unspecified atom stereocenters. The average Bonchev–Trinajstić information content (AvgIpc) is 1.27. The van der Waals surface area contributed by atoms with Gasteiger partial charge < -0.3 is 0 Å². The summed E-state index contributed by atoms with van der Waals surface area (Å²) < 4.78 is 30.9. The summed E-state index contributed by atoms with van der Waals surface area (Å²) >= 11 is 0. The van der Waals surface area contributed by atoms with Gasteiger partial charge in [0, 0.05) is 0 Å². The lowest BCUT2D eigenvalue weighted by atomic mass is 10.2. The zero-order chi connectivity index (χ0) is 7.21. The van der Waals surface area contributed by atoms with Gasteiger partial charge in [-0.05, 0) is 20.8 Å². The summed E-state index contributed by atoms with van der Waals surface area (Å²) in [6.45, 7) is 2.81. The van der Waals surface area contributed by atoms with Crippen LogP contribution in [0.3, 0.4) is 0 Å². The summed E-state index contributed by atoms with van der Waals surface area (Å²) in [6.07, 6.45) is 0. The molecule has 0 aromatic carbocycles. The second-order valence-corrected chi connectivity index (χ2v) is 2.17. The highest BCUT2D eigenvalue weighted by molar-refractivity contribution is 4.52. The summed E-state index contributed by atoms with van der Waals surface area (Å²) in [7, 11) is 0.